The van der Waals surface area contributed by atoms with E-state index in [2.05, 4.69) is 10.2 Å². The Labute approximate surface area is 106 Å². The number of carbonyl (C=O) groups excluding carboxylic acids is 1. The van der Waals surface area contributed by atoms with E-state index in [0.29, 0.717) is 0 Å². The lowest BCUT2D eigenvalue weighted by molar-refractivity contribution is -0.113. The van der Waals surface area contributed by atoms with Gasteiger partial charge in [0.1, 0.15) is 11.8 Å². The SMILES string of the molecule is CC(=O)C1=C(C)O[C@H]2[C@@H]1Nc1ccccc1N2C. The van der Waals surface area contributed by atoms with E-state index in [0.717, 1.165) is 22.7 Å². The second kappa shape index (κ2) is 3.77. The maximum absolute atomic E-state index is 11.7. The summed E-state index contributed by atoms with van der Waals surface area (Å²) >= 11 is 0. The Morgan fingerprint density at radius 3 is 2.83 bits per heavy atom. The number of likely N-dealkylation sites (N-methyl/N-ethyl adjacent to an activating group) is 1. The number of para-hydroxylation sites is 2. The molecular formula is C14H16N2O2. The minimum atomic E-state index is -0.140. The van der Waals surface area contributed by atoms with Crippen LogP contribution >= 0.6 is 0 Å². The topological polar surface area (TPSA) is 41.6 Å². The summed E-state index contributed by atoms with van der Waals surface area (Å²) in [5.41, 5.74) is 2.89. The molecule has 0 saturated heterocycles. The number of ether oxygens (including phenoxy) is 1. The third-order valence-electron chi connectivity index (χ3n) is 3.63. The van der Waals surface area contributed by atoms with Gasteiger partial charge in [-0.25, -0.2) is 0 Å². The zero-order chi connectivity index (χ0) is 12.9. The van der Waals surface area contributed by atoms with Crippen LogP contribution in [0.2, 0.25) is 0 Å². The monoisotopic (exact) mass is 244 g/mol. The van der Waals surface area contributed by atoms with Crippen LogP contribution in [0.15, 0.2) is 35.6 Å². The molecule has 18 heavy (non-hydrogen) atoms. The number of ketones is 1. The second-order valence-corrected chi connectivity index (χ2v) is 4.78. The zero-order valence-corrected chi connectivity index (χ0v) is 10.7. The van der Waals surface area contributed by atoms with Gasteiger partial charge in [0.2, 0.25) is 0 Å². The molecule has 1 N–H and O–H groups in total. The molecule has 2 atom stereocenters. The van der Waals surface area contributed by atoms with Gasteiger partial charge in [-0.15, -0.1) is 0 Å². The molecule has 0 bridgehead atoms. The second-order valence-electron chi connectivity index (χ2n) is 4.78. The molecule has 1 aromatic carbocycles. The quantitative estimate of drug-likeness (QED) is 0.821. The van der Waals surface area contributed by atoms with Gasteiger partial charge >= 0.3 is 0 Å². The minimum absolute atomic E-state index is 0.0697. The first kappa shape index (κ1) is 11.1. The van der Waals surface area contributed by atoms with Gasteiger partial charge in [-0.1, -0.05) is 12.1 Å². The van der Waals surface area contributed by atoms with Gasteiger partial charge < -0.3 is 15.0 Å². The summed E-state index contributed by atoms with van der Waals surface area (Å²) in [5, 5.41) is 3.41. The maximum Gasteiger partial charge on any atom is 0.196 e. The number of anilines is 2. The molecule has 2 heterocycles. The molecule has 0 spiro atoms. The molecule has 3 rings (SSSR count). The third-order valence-corrected chi connectivity index (χ3v) is 3.63. The number of hydrogen-bond donors (Lipinski definition) is 1. The van der Waals surface area contributed by atoms with E-state index in [9.17, 15) is 4.79 Å². The van der Waals surface area contributed by atoms with Crippen LogP contribution in [0.25, 0.3) is 0 Å². The predicted octanol–water partition coefficient (Wildman–Crippen LogP) is 2.14. The molecule has 2 aliphatic rings. The van der Waals surface area contributed by atoms with Gasteiger partial charge in [0.25, 0.3) is 0 Å². The van der Waals surface area contributed by atoms with E-state index in [1.54, 1.807) is 6.92 Å². The van der Waals surface area contributed by atoms with Crippen molar-refractivity contribution in [2.24, 2.45) is 0 Å². The molecule has 0 fully saturated rings. The fourth-order valence-electron chi connectivity index (χ4n) is 2.80. The molecule has 4 heteroatoms. The van der Waals surface area contributed by atoms with Crippen molar-refractivity contribution in [3.8, 4) is 0 Å². The van der Waals surface area contributed by atoms with Crippen molar-refractivity contribution in [2.45, 2.75) is 26.1 Å². The Hall–Kier alpha value is -1.97. The Morgan fingerprint density at radius 1 is 1.39 bits per heavy atom. The van der Waals surface area contributed by atoms with Crippen LogP contribution in [-0.4, -0.2) is 25.1 Å². The normalized spacial score (nSPS) is 25.2. The maximum atomic E-state index is 11.7. The predicted molar refractivity (Wildman–Crippen MR) is 70.5 cm³/mol. The summed E-state index contributed by atoms with van der Waals surface area (Å²) in [5.74, 6) is 0.796. The average Bonchev–Trinajstić information content (AvgIpc) is 2.66. The number of fused-ring (bicyclic) bond motifs is 2. The van der Waals surface area contributed by atoms with E-state index in [4.69, 9.17) is 4.74 Å². The van der Waals surface area contributed by atoms with Gasteiger partial charge in [0, 0.05) is 7.05 Å². The molecule has 0 saturated carbocycles. The van der Waals surface area contributed by atoms with E-state index in [1.807, 2.05) is 38.2 Å². The van der Waals surface area contributed by atoms with E-state index in [1.165, 1.54) is 0 Å². The molecule has 0 unspecified atom stereocenters. The molecule has 0 amide bonds. The fourth-order valence-corrected chi connectivity index (χ4v) is 2.80. The molecule has 1 aromatic rings. The Kier molecular flexibility index (Phi) is 2.33. The van der Waals surface area contributed by atoms with Gasteiger partial charge in [-0.05, 0) is 26.0 Å². The number of Topliss-reactive ketones (excluding diaryl/α,β-unsaturated/α-hetero) is 1. The first-order valence-electron chi connectivity index (χ1n) is 6.06. The molecular weight excluding hydrogens is 228 g/mol. The van der Waals surface area contributed by atoms with Crippen LogP contribution in [-0.2, 0) is 9.53 Å². The lowest BCUT2D eigenvalue weighted by atomic mass is 9.99. The van der Waals surface area contributed by atoms with E-state index < -0.39 is 0 Å². The Morgan fingerprint density at radius 2 is 2.11 bits per heavy atom. The molecule has 4 nitrogen and oxygen atoms in total. The van der Waals surface area contributed by atoms with Crippen molar-refractivity contribution in [3.63, 3.8) is 0 Å². The number of nitrogens with zero attached hydrogens (tertiary/aromatic N) is 1. The summed E-state index contributed by atoms with van der Waals surface area (Å²) in [7, 11) is 1.99. The van der Waals surface area contributed by atoms with Crippen LogP contribution < -0.4 is 10.2 Å². The fraction of sp³-hybridized carbons (Fsp3) is 0.357. The number of rotatable bonds is 1. The lowest BCUT2D eigenvalue weighted by Crippen LogP contribution is -2.48. The number of allylic oxidation sites excluding steroid dienone is 1. The lowest BCUT2D eigenvalue weighted by Gasteiger charge is -2.38. The van der Waals surface area contributed by atoms with Crippen molar-refractivity contribution in [3.05, 3.63) is 35.6 Å². The molecule has 0 aliphatic carbocycles. The summed E-state index contributed by atoms with van der Waals surface area (Å²) in [6.07, 6.45) is -0.140. The highest BCUT2D eigenvalue weighted by atomic mass is 16.5. The number of carbonyl (C=O) groups is 1. The van der Waals surface area contributed by atoms with Gasteiger partial charge in [-0.3, -0.25) is 4.79 Å². The molecule has 0 aromatic heterocycles. The van der Waals surface area contributed by atoms with Crippen LogP contribution in [0, 0.1) is 0 Å². The number of hydrogen-bond acceptors (Lipinski definition) is 4. The van der Waals surface area contributed by atoms with Crippen LogP contribution in [0.4, 0.5) is 11.4 Å². The third kappa shape index (κ3) is 1.41. The highest BCUT2D eigenvalue weighted by Crippen LogP contribution is 2.39. The summed E-state index contributed by atoms with van der Waals surface area (Å²) in [6.45, 7) is 3.45. The average molecular weight is 244 g/mol. The van der Waals surface area contributed by atoms with Crippen LogP contribution in [0.3, 0.4) is 0 Å². The molecule has 94 valence electrons. The number of benzene rings is 1. The van der Waals surface area contributed by atoms with Crippen molar-refractivity contribution in [1.29, 1.82) is 0 Å². The van der Waals surface area contributed by atoms with E-state index in [-0.39, 0.29) is 18.1 Å². The van der Waals surface area contributed by atoms with Gasteiger partial charge in [0.05, 0.1) is 16.9 Å². The summed E-state index contributed by atoms with van der Waals surface area (Å²) < 4.78 is 5.83. The minimum Gasteiger partial charge on any atom is -0.472 e. The Balaban J connectivity index is 2.05. The number of nitrogens with one attached hydrogen (secondary N) is 1. The van der Waals surface area contributed by atoms with Crippen LogP contribution in [0.1, 0.15) is 13.8 Å². The molecule has 2 aliphatic heterocycles. The smallest absolute Gasteiger partial charge is 0.196 e. The Bertz CT molecular complexity index is 550. The molecule has 0 radical (unpaired) electrons. The summed E-state index contributed by atoms with van der Waals surface area (Å²) in [4.78, 5) is 13.8. The van der Waals surface area contributed by atoms with Crippen molar-refractivity contribution < 1.29 is 9.53 Å². The van der Waals surface area contributed by atoms with Crippen molar-refractivity contribution >= 4 is 17.2 Å². The van der Waals surface area contributed by atoms with Crippen molar-refractivity contribution in [1.82, 2.24) is 0 Å². The first-order valence-corrected chi connectivity index (χ1v) is 6.06. The summed E-state index contributed by atoms with van der Waals surface area (Å²) in [6, 6.07) is 7.97. The van der Waals surface area contributed by atoms with Crippen molar-refractivity contribution in [2.75, 3.05) is 17.3 Å². The van der Waals surface area contributed by atoms with Gasteiger partial charge in [0.15, 0.2) is 12.0 Å². The zero-order valence-electron chi connectivity index (χ0n) is 10.7. The van der Waals surface area contributed by atoms with Crippen LogP contribution in [0.5, 0.6) is 0 Å². The highest BCUT2D eigenvalue weighted by Gasteiger charge is 2.43. The highest BCUT2D eigenvalue weighted by molar-refractivity contribution is 5.97. The largest absolute Gasteiger partial charge is 0.472 e. The standard InChI is InChI=1S/C14H16N2O2/c1-8(17)12-9(2)18-14-13(12)15-10-6-4-5-7-11(10)16(14)3/h4-7,13-15H,1-3H3/t13-,14+/m1/s1. The van der Waals surface area contributed by atoms with Gasteiger partial charge in [-0.2, -0.15) is 0 Å². The van der Waals surface area contributed by atoms with E-state index >= 15 is 0 Å². The first-order chi connectivity index (χ1) is 8.59.